The van der Waals surface area contributed by atoms with Crippen molar-refractivity contribution in [1.82, 2.24) is 15.3 Å². The van der Waals surface area contributed by atoms with Crippen LogP contribution in [0.25, 0.3) is 17.0 Å². The number of pyridine rings is 2. The van der Waals surface area contributed by atoms with Crippen molar-refractivity contribution in [3.63, 3.8) is 0 Å². The number of nitrogens with two attached hydrogens (primary N) is 1. The highest BCUT2D eigenvalue weighted by Gasteiger charge is 2.20. The van der Waals surface area contributed by atoms with Gasteiger partial charge in [-0.05, 0) is 80.6 Å². The van der Waals surface area contributed by atoms with E-state index in [4.69, 9.17) is 27.1 Å². The number of hydrogen-bond acceptors (Lipinski definition) is 6. The Labute approximate surface area is 230 Å². The minimum Gasteiger partial charge on any atom is -0.480 e. The van der Waals surface area contributed by atoms with Gasteiger partial charge in [0.25, 0.3) is 0 Å². The molecule has 1 aromatic carbocycles. The zero-order chi connectivity index (χ0) is 28.0. The fourth-order valence-electron chi connectivity index (χ4n) is 4.32. The number of rotatable bonds is 11. The molecule has 0 aliphatic carbocycles. The number of anilines is 1. The normalized spacial score (nSPS) is 12.9. The first-order chi connectivity index (χ1) is 18.1. The molecule has 0 bridgehead atoms. The van der Waals surface area contributed by atoms with Crippen LogP contribution in [0.3, 0.4) is 0 Å². The van der Waals surface area contributed by atoms with Gasteiger partial charge in [0, 0.05) is 53.1 Å². The van der Waals surface area contributed by atoms with Crippen LogP contribution in [0.15, 0.2) is 42.0 Å². The molecule has 2 aromatic heterocycles. The number of alkyl halides is 1. The molecule has 6 nitrogen and oxygen atoms in total. The summed E-state index contributed by atoms with van der Waals surface area (Å²) in [5.74, 6) is 0.515. The average molecular weight is 538 g/mol. The second-order valence-corrected chi connectivity index (χ2v) is 9.89. The zero-order valence-corrected chi connectivity index (χ0v) is 23.8. The number of nitrogens with one attached hydrogen (secondary N) is 1. The van der Waals surface area contributed by atoms with Gasteiger partial charge in [-0.2, -0.15) is 0 Å². The summed E-state index contributed by atoms with van der Waals surface area (Å²) in [6.07, 6.45) is 3.79. The number of methoxy groups -OCH3 is 1. The molecule has 38 heavy (non-hydrogen) atoms. The first kappa shape index (κ1) is 29.1. The van der Waals surface area contributed by atoms with Crippen LogP contribution in [-0.4, -0.2) is 36.1 Å². The van der Waals surface area contributed by atoms with Crippen molar-refractivity contribution in [3.8, 4) is 17.1 Å². The van der Waals surface area contributed by atoms with E-state index in [0.29, 0.717) is 28.7 Å². The molecule has 3 N–H and O–H groups in total. The van der Waals surface area contributed by atoms with Crippen molar-refractivity contribution in [3.05, 3.63) is 75.6 Å². The highest BCUT2D eigenvalue weighted by atomic mass is 35.5. The van der Waals surface area contributed by atoms with E-state index in [2.05, 4.69) is 41.8 Å². The van der Waals surface area contributed by atoms with Gasteiger partial charge in [0.1, 0.15) is 5.02 Å². The van der Waals surface area contributed by atoms with Gasteiger partial charge in [-0.3, -0.25) is 9.98 Å². The number of hydrogen-bond donors (Lipinski definition) is 2. The van der Waals surface area contributed by atoms with E-state index < -0.39 is 6.30 Å². The van der Waals surface area contributed by atoms with Crippen LogP contribution in [0.2, 0.25) is 5.02 Å². The van der Waals surface area contributed by atoms with Gasteiger partial charge < -0.3 is 15.8 Å². The van der Waals surface area contributed by atoms with E-state index in [-0.39, 0.29) is 5.92 Å². The lowest BCUT2D eigenvalue weighted by Crippen LogP contribution is -2.21. The lowest BCUT2D eigenvalue weighted by molar-refractivity contribution is 0.377. The summed E-state index contributed by atoms with van der Waals surface area (Å²) in [5, 5.41) is 3.94. The van der Waals surface area contributed by atoms with Crippen molar-refractivity contribution in [1.29, 1.82) is 0 Å². The highest BCUT2D eigenvalue weighted by molar-refractivity contribution is 6.34. The Bertz CT molecular complexity index is 1340. The summed E-state index contributed by atoms with van der Waals surface area (Å²) in [6.45, 7) is 14.5. The monoisotopic (exact) mass is 537 g/mol. The third kappa shape index (κ3) is 6.70. The van der Waals surface area contributed by atoms with E-state index in [1.54, 1.807) is 13.3 Å². The lowest BCUT2D eigenvalue weighted by atomic mass is 9.94. The average Bonchev–Trinajstić information content (AvgIpc) is 2.88. The molecule has 0 radical (unpaired) electrons. The van der Waals surface area contributed by atoms with Crippen LogP contribution in [0.5, 0.6) is 5.88 Å². The van der Waals surface area contributed by atoms with Crippen molar-refractivity contribution >= 4 is 29.2 Å². The molecule has 202 valence electrons. The van der Waals surface area contributed by atoms with Gasteiger partial charge in [-0.1, -0.05) is 31.5 Å². The van der Waals surface area contributed by atoms with Gasteiger partial charge in [0.05, 0.1) is 12.8 Å². The van der Waals surface area contributed by atoms with Crippen LogP contribution >= 0.6 is 11.6 Å². The second-order valence-electron chi connectivity index (χ2n) is 9.51. The third-order valence-corrected chi connectivity index (χ3v) is 7.03. The molecular formula is C30H37ClFN5O. The number of aliphatic imine (C=N–C) groups is 1. The Hall–Kier alpha value is -3.45. The molecule has 2 heterocycles. The minimum absolute atomic E-state index is 0.139. The Kier molecular flexibility index (Phi) is 9.86. The van der Waals surface area contributed by atoms with E-state index in [1.165, 1.54) is 13.1 Å². The van der Waals surface area contributed by atoms with E-state index >= 15 is 0 Å². The predicted octanol–water partition coefficient (Wildman–Crippen LogP) is 7.19. The van der Waals surface area contributed by atoms with Crippen molar-refractivity contribution in [2.45, 2.75) is 59.7 Å². The van der Waals surface area contributed by atoms with Crippen molar-refractivity contribution < 1.29 is 9.13 Å². The largest absolute Gasteiger partial charge is 0.480 e. The van der Waals surface area contributed by atoms with Crippen LogP contribution in [0.4, 0.5) is 10.1 Å². The minimum atomic E-state index is -1.30. The Balaban J connectivity index is 1.91. The van der Waals surface area contributed by atoms with Crippen molar-refractivity contribution in [2.24, 2.45) is 4.99 Å². The number of ether oxygens (including phenoxy) is 1. The summed E-state index contributed by atoms with van der Waals surface area (Å²) in [5.41, 5.74) is 14.8. The maximum absolute atomic E-state index is 13.3. The molecule has 2 atom stereocenters. The standard InChI is InChI=1S/C30H37ClFN5O/c1-8-9-22(15-35-20(5)23-12-18(3)28(33)24(14-23)16-36-21(6)32)26-13-17(2)19(4)29(37-26)25-10-11-34-30(38-7)27(25)31/h10-14,16,21-22,35H,5,8-9,15,33H2,1-4,6-7H3/b36-16+. The first-order valence-corrected chi connectivity index (χ1v) is 13.1. The van der Waals surface area contributed by atoms with Gasteiger partial charge >= 0.3 is 0 Å². The number of nitrogen functional groups attached to an aromatic ring is 1. The van der Waals surface area contributed by atoms with E-state index in [9.17, 15) is 4.39 Å². The zero-order valence-electron chi connectivity index (χ0n) is 23.0. The highest BCUT2D eigenvalue weighted by Crippen LogP contribution is 2.36. The smallest absolute Gasteiger partial charge is 0.232 e. The maximum Gasteiger partial charge on any atom is 0.232 e. The molecule has 3 rings (SSSR count). The summed E-state index contributed by atoms with van der Waals surface area (Å²) in [4.78, 5) is 13.1. The topological polar surface area (TPSA) is 85.4 Å². The molecule has 0 saturated carbocycles. The van der Waals surface area contributed by atoms with Gasteiger partial charge in [-0.15, -0.1) is 0 Å². The molecule has 0 fully saturated rings. The number of aromatic nitrogens is 2. The Morgan fingerprint density at radius 3 is 2.66 bits per heavy atom. The van der Waals surface area contributed by atoms with Crippen LogP contribution in [-0.2, 0) is 0 Å². The van der Waals surface area contributed by atoms with Crippen molar-refractivity contribution in [2.75, 3.05) is 19.4 Å². The molecule has 3 aromatic rings. The second kappa shape index (κ2) is 12.9. The molecule has 2 unspecified atom stereocenters. The number of halogens is 2. The summed E-state index contributed by atoms with van der Waals surface area (Å²) in [6, 6.07) is 7.87. The SMILES string of the molecule is C=C(NCC(CCC)c1cc(C)c(C)c(-c2ccnc(OC)c2Cl)n1)c1cc(C)c(N)c(/C=N/C(C)F)c1. The number of aryl methyl sites for hydroxylation is 2. The van der Waals surface area contributed by atoms with Gasteiger partial charge in [-0.25, -0.2) is 9.37 Å². The van der Waals surface area contributed by atoms with Crippen LogP contribution < -0.4 is 15.8 Å². The van der Waals surface area contributed by atoms with E-state index in [0.717, 1.165) is 57.7 Å². The van der Waals surface area contributed by atoms with Crippen LogP contribution in [0, 0.1) is 20.8 Å². The predicted molar refractivity (Wildman–Crippen MR) is 157 cm³/mol. The molecule has 0 aliphatic rings. The molecular weight excluding hydrogens is 501 g/mol. The van der Waals surface area contributed by atoms with Gasteiger partial charge in [0.15, 0.2) is 6.30 Å². The van der Waals surface area contributed by atoms with Crippen LogP contribution in [0.1, 0.15) is 66.1 Å². The van der Waals surface area contributed by atoms with E-state index in [1.807, 2.05) is 32.0 Å². The summed E-state index contributed by atoms with van der Waals surface area (Å²) >= 11 is 6.62. The first-order valence-electron chi connectivity index (χ1n) is 12.7. The fourth-order valence-corrected chi connectivity index (χ4v) is 4.60. The molecule has 8 heteroatoms. The number of nitrogens with zero attached hydrogens (tertiary/aromatic N) is 3. The maximum atomic E-state index is 13.3. The van der Waals surface area contributed by atoms with Gasteiger partial charge in [0.2, 0.25) is 5.88 Å². The molecule has 0 spiro atoms. The quantitative estimate of drug-likeness (QED) is 0.153. The molecule has 0 amide bonds. The summed E-state index contributed by atoms with van der Waals surface area (Å²) in [7, 11) is 1.55. The summed E-state index contributed by atoms with van der Waals surface area (Å²) < 4.78 is 18.6. The molecule has 0 aliphatic heterocycles. The Morgan fingerprint density at radius 1 is 1.26 bits per heavy atom. The number of benzene rings is 1. The Morgan fingerprint density at radius 2 is 2.00 bits per heavy atom. The lowest BCUT2D eigenvalue weighted by Gasteiger charge is -2.22. The third-order valence-electron chi connectivity index (χ3n) is 6.66. The molecule has 0 saturated heterocycles. The fraction of sp³-hybridized carbons (Fsp3) is 0.367.